The number of pyridine rings is 1. The lowest BCUT2D eigenvalue weighted by molar-refractivity contribution is 0.0696. The molecule has 0 fully saturated rings. The van der Waals surface area contributed by atoms with Gasteiger partial charge >= 0.3 is 5.97 Å². The summed E-state index contributed by atoms with van der Waals surface area (Å²) in [5, 5.41) is 11.0. The first-order chi connectivity index (χ1) is 12.9. The number of hydrazine groups is 1. The highest BCUT2D eigenvalue weighted by atomic mass is 32.1. The van der Waals surface area contributed by atoms with E-state index in [0.717, 1.165) is 51.9 Å². The van der Waals surface area contributed by atoms with Crippen LogP contribution in [0.25, 0.3) is 21.3 Å². The molecule has 27 heavy (non-hydrogen) atoms. The van der Waals surface area contributed by atoms with Crippen LogP contribution in [-0.2, 0) is 19.4 Å². The minimum atomic E-state index is -0.861. The summed E-state index contributed by atoms with van der Waals surface area (Å²) in [7, 11) is 0. The van der Waals surface area contributed by atoms with Gasteiger partial charge in [0.15, 0.2) is 0 Å². The van der Waals surface area contributed by atoms with Crippen molar-refractivity contribution in [1.82, 2.24) is 10.4 Å². The number of fused-ring (bicyclic) bond motifs is 2. The summed E-state index contributed by atoms with van der Waals surface area (Å²) in [6, 6.07) is 9.92. The van der Waals surface area contributed by atoms with E-state index in [1.165, 1.54) is 4.88 Å². The largest absolute Gasteiger partial charge is 0.478 e. The second-order valence-corrected chi connectivity index (χ2v) is 9.02. The van der Waals surface area contributed by atoms with E-state index >= 15 is 0 Å². The summed E-state index contributed by atoms with van der Waals surface area (Å²) in [5.74, 6) is 4.72. The Balaban J connectivity index is 1.97. The fourth-order valence-electron chi connectivity index (χ4n) is 3.92. The molecule has 2 aromatic heterocycles. The average Bonchev–Trinajstić information content (AvgIpc) is 2.98. The van der Waals surface area contributed by atoms with Gasteiger partial charge in [0, 0.05) is 15.8 Å². The molecule has 1 aromatic carbocycles. The first-order valence-corrected chi connectivity index (χ1v) is 9.91. The molecule has 0 saturated heterocycles. The summed E-state index contributed by atoms with van der Waals surface area (Å²) in [5.41, 5.74) is 6.76. The van der Waals surface area contributed by atoms with Crippen molar-refractivity contribution in [2.75, 3.05) is 0 Å². The number of rotatable bonds is 4. The van der Waals surface area contributed by atoms with Crippen LogP contribution in [0.15, 0.2) is 30.3 Å². The lowest BCUT2D eigenvalue weighted by Gasteiger charge is -2.29. The molecule has 0 bridgehead atoms. The predicted molar refractivity (Wildman–Crippen MR) is 109 cm³/mol. The number of aromatic nitrogens is 1. The van der Waals surface area contributed by atoms with E-state index in [0.29, 0.717) is 12.1 Å². The second kappa shape index (κ2) is 6.71. The minimum absolute atomic E-state index is 0.124. The molecular weight excluding hydrogens is 358 g/mol. The zero-order valence-corrected chi connectivity index (χ0v) is 16.3. The number of nitrogens with two attached hydrogens (primary N) is 1. The summed E-state index contributed by atoms with van der Waals surface area (Å²) >= 11 is 1.60. The lowest BCUT2D eigenvalue weighted by atomic mass is 9.76. The number of carboxylic acids is 1. The Labute approximate surface area is 162 Å². The van der Waals surface area contributed by atoms with Crippen molar-refractivity contribution >= 4 is 28.2 Å². The van der Waals surface area contributed by atoms with E-state index in [4.69, 9.17) is 10.8 Å². The van der Waals surface area contributed by atoms with Crippen LogP contribution >= 0.6 is 11.3 Å². The second-order valence-electron chi connectivity index (χ2n) is 7.91. The molecule has 0 unspecified atom stereocenters. The zero-order valence-electron chi connectivity index (χ0n) is 15.5. The number of carboxylic acid groups (broad SMARTS) is 1. The fourth-order valence-corrected chi connectivity index (χ4v) is 5.27. The topological polar surface area (TPSA) is 88.2 Å². The average molecular weight is 382 g/mol. The molecule has 6 heteroatoms. The number of thiophene rings is 1. The van der Waals surface area contributed by atoms with Crippen LogP contribution in [0.5, 0.6) is 0 Å². The van der Waals surface area contributed by atoms with Crippen LogP contribution in [0.4, 0.5) is 0 Å². The quantitative estimate of drug-likeness (QED) is 0.467. The molecule has 0 saturated carbocycles. The van der Waals surface area contributed by atoms with Crippen molar-refractivity contribution in [1.29, 1.82) is 0 Å². The number of hydrogen-bond acceptors (Lipinski definition) is 5. The van der Waals surface area contributed by atoms with Crippen LogP contribution in [0.1, 0.15) is 46.8 Å². The van der Waals surface area contributed by atoms with Crippen molar-refractivity contribution < 1.29 is 9.90 Å². The Morgan fingerprint density at radius 1 is 1.37 bits per heavy atom. The van der Waals surface area contributed by atoms with Gasteiger partial charge in [0.25, 0.3) is 0 Å². The number of para-hydroxylation sites is 1. The summed E-state index contributed by atoms with van der Waals surface area (Å²) in [6.45, 7) is 4.80. The number of nitrogens with one attached hydrogen (secondary N) is 1. The standard InChI is InChI=1S/C21H23N3O2S/c1-21(2)8-7-17-14(10-21)18(20(25)26)19(27-17)13-9-12-5-3-4-6-15(12)24-16(13)11-23-22/h3-6,9,23H,7-8,10-11,22H2,1-2H3,(H,25,26). The van der Waals surface area contributed by atoms with Gasteiger partial charge in [-0.15, -0.1) is 11.3 Å². The van der Waals surface area contributed by atoms with E-state index in [-0.39, 0.29) is 5.41 Å². The van der Waals surface area contributed by atoms with Gasteiger partial charge < -0.3 is 5.11 Å². The third-order valence-electron chi connectivity index (χ3n) is 5.31. The third kappa shape index (κ3) is 3.25. The predicted octanol–water partition coefficient (Wildman–Crippen LogP) is 4.14. The molecule has 4 N–H and O–H groups in total. The molecule has 5 nitrogen and oxygen atoms in total. The molecule has 1 aliphatic rings. The van der Waals surface area contributed by atoms with Crippen LogP contribution in [0, 0.1) is 5.41 Å². The van der Waals surface area contributed by atoms with E-state index in [1.807, 2.05) is 30.3 Å². The first kappa shape index (κ1) is 18.1. The van der Waals surface area contributed by atoms with E-state index < -0.39 is 5.97 Å². The van der Waals surface area contributed by atoms with Crippen molar-refractivity contribution in [3.8, 4) is 10.4 Å². The number of benzene rings is 1. The molecule has 0 atom stereocenters. The molecule has 140 valence electrons. The van der Waals surface area contributed by atoms with Crippen LogP contribution in [0.2, 0.25) is 0 Å². The van der Waals surface area contributed by atoms with E-state index in [9.17, 15) is 9.90 Å². The van der Waals surface area contributed by atoms with Crippen LogP contribution in [-0.4, -0.2) is 16.1 Å². The fraction of sp³-hybridized carbons (Fsp3) is 0.333. The van der Waals surface area contributed by atoms with Gasteiger partial charge in [-0.1, -0.05) is 32.0 Å². The highest BCUT2D eigenvalue weighted by Crippen LogP contribution is 2.46. The van der Waals surface area contributed by atoms with Crippen molar-refractivity contribution in [2.24, 2.45) is 11.3 Å². The first-order valence-electron chi connectivity index (χ1n) is 9.10. The van der Waals surface area contributed by atoms with E-state index in [1.54, 1.807) is 11.3 Å². The van der Waals surface area contributed by atoms with E-state index in [2.05, 4.69) is 19.3 Å². The Morgan fingerprint density at radius 2 is 2.15 bits per heavy atom. The molecule has 4 rings (SSSR count). The highest BCUT2D eigenvalue weighted by Gasteiger charge is 2.33. The third-order valence-corrected chi connectivity index (χ3v) is 6.63. The molecular formula is C21H23N3O2S. The Morgan fingerprint density at radius 3 is 2.89 bits per heavy atom. The number of carbonyl (C=O) groups is 1. The normalized spacial score (nSPS) is 15.7. The Hall–Kier alpha value is -2.28. The SMILES string of the molecule is CC1(C)CCc2sc(-c3cc4ccccc4nc3CNN)c(C(=O)O)c2C1. The molecule has 0 spiro atoms. The maximum atomic E-state index is 12.2. The van der Waals surface area contributed by atoms with Gasteiger partial charge in [0.05, 0.1) is 28.2 Å². The van der Waals surface area contributed by atoms with Gasteiger partial charge in [-0.25, -0.2) is 4.79 Å². The monoisotopic (exact) mass is 381 g/mol. The Kier molecular flexibility index (Phi) is 4.50. The summed E-state index contributed by atoms with van der Waals surface area (Å²) in [6.07, 6.45) is 2.80. The number of aromatic carboxylic acids is 1. The maximum Gasteiger partial charge on any atom is 0.337 e. The minimum Gasteiger partial charge on any atom is -0.478 e. The van der Waals surface area contributed by atoms with Gasteiger partial charge in [0.1, 0.15) is 0 Å². The highest BCUT2D eigenvalue weighted by molar-refractivity contribution is 7.16. The molecule has 2 heterocycles. The van der Waals surface area contributed by atoms with Crippen LogP contribution in [0.3, 0.4) is 0 Å². The molecule has 0 aliphatic heterocycles. The lowest BCUT2D eigenvalue weighted by Crippen LogP contribution is -2.23. The maximum absolute atomic E-state index is 12.2. The Bertz CT molecular complexity index is 1040. The molecule has 1 aliphatic carbocycles. The van der Waals surface area contributed by atoms with Gasteiger partial charge in [-0.05, 0) is 42.4 Å². The van der Waals surface area contributed by atoms with Crippen molar-refractivity contribution in [2.45, 2.75) is 39.7 Å². The van der Waals surface area contributed by atoms with Crippen molar-refractivity contribution in [3.05, 3.63) is 52.0 Å². The van der Waals surface area contributed by atoms with Crippen molar-refractivity contribution in [3.63, 3.8) is 0 Å². The van der Waals surface area contributed by atoms with Gasteiger partial charge in [-0.2, -0.15) is 0 Å². The molecule has 3 aromatic rings. The van der Waals surface area contributed by atoms with Gasteiger partial charge in [0.2, 0.25) is 0 Å². The zero-order chi connectivity index (χ0) is 19.2. The summed E-state index contributed by atoms with van der Waals surface area (Å²) in [4.78, 5) is 19.0. The van der Waals surface area contributed by atoms with Crippen LogP contribution < -0.4 is 11.3 Å². The molecule has 0 radical (unpaired) electrons. The number of hydrogen-bond donors (Lipinski definition) is 3. The van der Waals surface area contributed by atoms with Gasteiger partial charge in [-0.3, -0.25) is 16.3 Å². The smallest absolute Gasteiger partial charge is 0.337 e. The summed E-state index contributed by atoms with van der Waals surface area (Å²) < 4.78 is 0. The number of nitrogens with zero attached hydrogens (tertiary/aromatic N) is 1. The molecule has 0 amide bonds. The number of aryl methyl sites for hydroxylation is 1.